The molecular formula is C13H17BrN2O. The second-order valence-corrected chi connectivity index (χ2v) is 4.54. The van der Waals surface area contributed by atoms with Gasteiger partial charge in [-0.3, -0.25) is 5.41 Å². The summed E-state index contributed by atoms with van der Waals surface area (Å²) < 4.78 is 5.97. The monoisotopic (exact) mass is 296 g/mol. The summed E-state index contributed by atoms with van der Waals surface area (Å²) in [7, 11) is 3.48. The zero-order chi connectivity index (χ0) is 13.0. The van der Waals surface area contributed by atoms with Crippen LogP contribution in [0.15, 0.2) is 28.4 Å². The van der Waals surface area contributed by atoms with E-state index < -0.39 is 0 Å². The van der Waals surface area contributed by atoms with E-state index in [0.717, 1.165) is 27.1 Å². The molecule has 1 aromatic rings. The van der Waals surface area contributed by atoms with Crippen molar-refractivity contribution in [2.45, 2.75) is 13.8 Å². The molecule has 92 valence electrons. The Morgan fingerprint density at radius 3 is 2.53 bits per heavy atom. The maximum atomic E-state index is 8.11. The summed E-state index contributed by atoms with van der Waals surface area (Å²) in [6, 6.07) is 5.72. The Hall–Kier alpha value is -1.29. The van der Waals surface area contributed by atoms with Crippen LogP contribution in [0.1, 0.15) is 18.1 Å². The zero-order valence-electron chi connectivity index (χ0n) is 10.5. The number of hydrogen-bond donors (Lipinski definition) is 2. The number of aryl methyl sites for hydroxylation is 1. The number of benzene rings is 1. The van der Waals surface area contributed by atoms with Crippen molar-refractivity contribution in [1.29, 1.82) is 5.41 Å². The summed E-state index contributed by atoms with van der Waals surface area (Å²) in [5, 5.41) is 11.1. The van der Waals surface area contributed by atoms with E-state index in [9.17, 15) is 0 Å². The van der Waals surface area contributed by atoms with E-state index in [1.807, 2.05) is 39.1 Å². The molecule has 0 radical (unpaired) electrons. The summed E-state index contributed by atoms with van der Waals surface area (Å²) in [4.78, 5) is 0. The van der Waals surface area contributed by atoms with Crippen molar-refractivity contribution in [1.82, 2.24) is 5.32 Å². The van der Waals surface area contributed by atoms with E-state index in [1.54, 1.807) is 7.11 Å². The van der Waals surface area contributed by atoms with Crippen LogP contribution in [0.2, 0.25) is 0 Å². The summed E-state index contributed by atoms with van der Waals surface area (Å²) in [5.41, 5.74) is 3.29. The molecule has 0 aliphatic carbocycles. The van der Waals surface area contributed by atoms with Crippen molar-refractivity contribution < 1.29 is 4.74 Å². The minimum atomic E-state index is 0.461. The lowest BCUT2D eigenvalue weighted by Gasteiger charge is -2.10. The van der Waals surface area contributed by atoms with Crippen LogP contribution in [-0.4, -0.2) is 19.9 Å². The number of rotatable bonds is 4. The van der Waals surface area contributed by atoms with E-state index in [-0.39, 0.29) is 0 Å². The third-order valence-electron chi connectivity index (χ3n) is 2.61. The highest BCUT2D eigenvalue weighted by Crippen LogP contribution is 2.22. The molecule has 0 heterocycles. The molecule has 0 atom stereocenters. The third-order valence-corrected chi connectivity index (χ3v) is 3.60. The van der Waals surface area contributed by atoms with Gasteiger partial charge in [0.15, 0.2) is 0 Å². The Morgan fingerprint density at radius 1 is 1.41 bits per heavy atom. The maximum absolute atomic E-state index is 8.11. The van der Waals surface area contributed by atoms with Gasteiger partial charge >= 0.3 is 0 Å². The molecule has 0 amide bonds. The van der Waals surface area contributed by atoms with Crippen molar-refractivity contribution in [2.75, 3.05) is 14.2 Å². The first-order valence-electron chi connectivity index (χ1n) is 5.29. The Labute approximate surface area is 111 Å². The van der Waals surface area contributed by atoms with Crippen LogP contribution in [-0.2, 0) is 0 Å². The Balaban J connectivity index is 3.10. The molecule has 0 fully saturated rings. The molecule has 2 N–H and O–H groups in total. The standard InChI is InChI=1S/C13H17BrN2O/c1-8-7-10(5-6-11(8)17-4)13(15)12(14)9(2)16-3/h5-7,15-16H,1-4H3/b12-9+,15-13?. The predicted octanol–water partition coefficient (Wildman–Crippen LogP) is 3.22. The van der Waals surface area contributed by atoms with Gasteiger partial charge in [0.25, 0.3) is 0 Å². The highest BCUT2D eigenvalue weighted by atomic mass is 79.9. The van der Waals surface area contributed by atoms with E-state index in [1.165, 1.54) is 0 Å². The second kappa shape index (κ2) is 5.87. The lowest BCUT2D eigenvalue weighted by Crippen LogP contribution is -2.09. The quantitative estimate of drug-likeness (QED) is 0.838. The number of hydrogen-bond acceptors (Lipinski definition) is 3. The largest absolute Gasteiger partial charge is 0.496 e. The first-order valence-corrected chi connectivity index (χ1v) is 6.08. The van der Waals surface area contributed by atoms with Crippen LogP contribution in [0.5, 0.6) is 5.75 Å². The number of methoxy groups -OCH3 is 1. The molecular weight excluding hydrogens is 280 g/mol. The number of ether oxygens (including phenoxy) is 1. The minimum Gasteiger partial charge on any atom is -0.496 e. The predicted molar refractivity (Wildman–Crippen MR) is 75.2 cm³/mol. The zero-order valence-corrected chi connectivity index (χ0v) is 12.1. The van der Waals surface area contributed by atoms with Crippen molar-refractivity contribution in [3.05, 3.63) is 39.5 Å². The number of nitrogens with one attached hydrogen (secondary N) is 2. The molecule has 1 rings (SSSR count). The van der Waals surface area contributed by atoms with Gasteiger partial charge in [-0.25, -0.2) is 0 Å². The van der Waals surface area contributed by atoms with Gasteiger partial charge in [-0.05, 0) is 53.5 Å². The fourth-order valence-corrected chi connectivity index (χ4v) is 1.89. The fourth-order valence-electron chi connectivity index (χ4n) is 1.46. The molecule has 0 saturated heterocycles. The van der Waals surface area contributed by atoms with Gasteiger partial charge < -0.3 is 10.1 Å². The van der Waals surface area contributed by atoms with E-state index >= 15 is 0 Å². The van der Waals surface area contributed by atoms with E-state index in [0.29, 0.717) is 5.71 Å². The average Bonchev–Trinajstić information content (AvgIpc) is 2.35. The van der Waals surface area contributed by atoms with E-state index in [4.69, 9.17) is 10.1 Å². The van der Waals surface area contributed by atoms with Crippen LogP contribution in [0, 0.1) is 12.3 Å². The molecule has 3 nitrogen and oxygen atoms in total. The molecule has 0 aliphatic heterocycles. The lowest BCUT2D eigenvalue weighted by molar-refractivity contribution is 0.411. The Kier molecular flexibility index (Phi) is 4.75. The van der Waals surface area contributed by atoms with Crippen molar-refractivity contribution >= 4 is 21.6 Å². The lowest BCUT2D eigenvalue weighted by atomic mass is 10.1. The first kappa shape index (κ1) is 13.8. The van der Waals surface area contributed by atoms with Gasteiger partial charge in [0.1, 0.15) is 5.75 Å². The Morgan fingerprint density at radius 2 is 2.06 bits per heavy atom. The summed E-state index contributed by atoms with van der Waals surface area (Å²) in [6.07, 6.45) is 0. The SMILES string of the molecule is CN/C(C)=C(/Br)C(=N)c1ccc(OC)c(C)c1. The smallest absolute Gasteiger partial charge is 0.121 e. The van der Waals surface area contributed by atoms with Gasteiger partial charge in [-0.15, -0.1) is 0 Å². The summed E-state index contributed by atoms with van der Waals surface area (Å²) in [6.45, 7) is 3.90. The molecule has 0 unspecified atom stereocenters. The van der Waals surface area contributed by atoms with Crippen molar-refractivity contribution in [3.8, 4) is 5.75 Å². The maximum Gasteiger partial charge on any atom is 0.121 e. The molecule has 0 aromatic heterocycles. The molecule has 4 heteroatoms. The summed E-state index contributed by atoms with van der Waals surface area (Å²) >= 11 is 3.43. The normalized spacial score (nSPS) is 11.8. The van der Waals surface area contributed by atoms with Crippen LogP contribution in [0.4, 0.5) is 0 Å². The third kappa shape index (κ3) is 3.09. The first-order chi connectivity index (χ1) is 8.01. The Bertz CT molecular complexity index is 466. The minimum absolute atomic E-state index is 0.461. The van der Waals surface area contributed by atoms with Crippen molar-refractivity contribution in [3.63, 3.8) is 0 Å². The molecule has 0 bridgehead atoms. The van der Waals surface area contributed by atoms with Crippen LogP contribution in [0.25, 0.3) is 0 Å². The highest BCUT2D eigenvalue weighted by molar-refractivity contribution is 9.12. The van der Waals surface area contributed by atoms with Crippen LogP contribution >= 0.6 is 15.9 Å². The fraction of sp³-hybridized carbons (Fsp3) is 0.308. The number of halogens is 1. The molecule has 0 aliphatic rings. The van der Waals surface area contributed by atoms with Gasteiger partial charge in [0.2, 0.25) is 0 Å². The van der Waals surface area contributed by atoms with Crippen molar-refractivity contribution in [2.24, 2.45) is 0 Å². The molecule has 1 aromatic carbocycles. The van der Waals surface area contributed by atoms with Crippen LogP contribution < -0.4 is 10.1 Å². The van der Waals surface area contributed by atoms with E-state index in [2.05, 4.69) is 21.2 Å². The second-order valence-electron chi connectivity index (χ2n) is 3.75. The van der Waals surface area contributed by atoms with Gasteiger partial charge in [0.05, 0.1) is 17.3 Å². The summed E-state index contributed by atoms with van der Waals surface area (Å²) in [5.74, 6) is 0.840. The molecule has 0 spiro atoms. The van der Waals surface area contributed by atoms with Gasteiger partial charge in [-0.2, -0.15) is 0 Å². The molecule has 0 saturated carbocycles. The van der Waals surface area contributed by atoms with Gasteiger partial charge in [-0.1, -0.05) is 0 Å². The van der Waals surface area contributed by atoms with Gasteiger partial charge in [0, 0.05) is 18.3 Å². The highest BCUT2D eigenvalue weighted by Gasteiger charge is 2.09. The number of allylic oxidation sites excluding steroid dienone is 2. The topological polar surface area (TPSA) is 45.1 Å². The van der Waals surface area contributed by atoms with Crippen LogP contribution in [0.3, 0.4) is 0 Å². The molecule has 17 heavy (non-hydrogen) atoms. The average molecular weight is 297 g/mol.